The lowest BCUT2D eigenvalue weighted by Crippen LogP contribution is -2.41. The van der Waals surface area contributed by atoms with Gasteiger partial charge in [0.15, 0.2) is 6.10 Å². The lowest BCUT2D eigenvalue weighted by atomic mass is 10.1. The fraction of sp³-hybridized carbons (Fsp3) is 0.450. The Hall–Kier alpha value is -3.03. The molecule has 1 aromatic rings. The van der Waals surface area contributed by atoms with Crippen molar-refractivity contribution in [3.05, 3.63) is 29.3 Å². The summed E-state index contributed by atoms with van der Waals surface area (Å²) >= 11 is 0. The summed E-state index contributed by atoms with van der Waals surface area (Å²) in [6.45, 7) is 6.47. The van der Waals surface area contributed by atoms with Crippen LogP contribution in [-0.2, 0) is 20.7 Å². The number of nitrogens with zero attached hydrogens (tertiary/aromatic N) is 1. The SMILES string of the molecule is CCOc1cc2c(cc1/C=C/C(=O)O[C@@H](C)C(=O)N1CCNC1=O)O[C@@H](C)C2. The van der Waals surface area contributed by atoms with E-state index in [1.165, 1.54) is 13.0 Å². The molecule has 0 aromatic heterocycles. The van der Waals surface area contributed by atoms with Gasteiger partial charge in [-0.15, -0.1) is 0 Å². The molecule has 8 heteroatoms. The number of imide groups is 1. The van der Waals surface area contributed by atoms with Crippen LogP contribution in [0.3, 0.4) is 0 Å². The minimum atomic E-state index is -1.06. The van der Waals surface area contributed by atoms with Crippen molar-refractivity contribution in [3.8, 4) is 11.5 Å². The van der Waals surface area contributed by atoms with E-state index in [2.05, 4.69) is 5.32 Å². The number of hydrogen-bond donors (Lipinski definition) is 1. The van der Waals surface area contributed by atoms with E-state index in [-0.39, 0.29) is 12.6 Å². The Balaban J connectivity index is 1.67. The van der Waals surface area contributed by atoms with E-state index in [4.69, 9.17) is 14.2 Å². The molecule has 150 valence electrons. The Bertz CT molecular complexity index is 819. The van der Waals surface area contributed by atoms with Gasteiger partial charge in [0.2, 0.25) is 0 Å². The molecule has 2 atom stereocenters. The van der Waals surface area contributed by atoms with Gasteiger partial charge in [0.25, 0.3) is 5.91 Å². The van der Waals surface area contributed by atoms with Gasteiger partial charge >= 0.3 is 12.0 Å². The van der Waals surface area contributed by atoms with Crippen LogP contribution in [0.25, 0.3) is 6.08 Å². The van der Waals surface area contributed by atoms with Crippen molar-refractivity contribution in [2.24, 2.45) is 0 Å². The lowest BCUT2D eigenvalue weighted by molar-refractivity contribution is -0.153. The van der Waals surface area contributed by atoms with Gasteiger partial charge in [-0.2, -0.15) is 0 Å². The van der Waals surface area contributed by atoms with Crippen molar-refractivity contribution >= 4 is 24.0 Å². The zero-order valence-electron chi connectivity index (χ0n) is 16.2. The van der Waals surface area contributed by atoms with Crippen LogP contribution in [0.1, 0.15) is 31.9 Å². The maximum absolute atomic E-state index is 12.2. The maximum Gasteiger partial charge on any atom is 0.331 e. The van der Waals surface area contributed by atoms with Gasteiger partial charge in [-0.05, 0) is 39.0 Å². The molecule has 1 N–H and O–H groups in total. The molecule has 1 aromatic carbocycles. The molecule has 1 fully saturated rings. The molecule has 1 saturated heterocycles. The van der Waals surface area contributed by atoms with E-state index < -0.39 is 24.0 Å². The number of fused-ring (bicyclic) bond motifs is 1. The first kappa shape index (κ1) is 19.7. The zero-order chi connectivity index (χ0) is 20.3. The molecule has 0 unspecified atom stereocenters. The molecule has 0 radical (unpaired) electrons. The minimum Gasteiger partial charge on any atom is -0.493 e. The normalized spacial score (nSPS) is 19.2. The lowest BCUT2D eigenvalue weighted by Gasteiger charge is -2.17. The number of ether oxygens (including phenoxy) is 3. The Morgan fingerprint density at radius 2 is 2.21 bits per heavy atom. The third-order valence-corrected chi connectivity index (χ3v) is 4.49. The van der Waals surface area contributed by atoms with Gasteiger partial charge in [0, 0.05) is 36.7 Å². The van der Waals surface area contributed by atoms with Crippen molar-refractivity contribution in [2.45, 2.75) is 39.4 Å². The summed E-state index contributed by atoms with van der Waals surface area (Å²) < 4.78 is 16.6. The van der Waals surface area contributed by atoms with Gasteiger partial charge in [0.1, 0.15) is 17.6 Å². The van der Waals surface area contributed by atoms with Gasteiger partial charge < -0.3 is 19.5 Å². The second-order valence-electron chi connectivity index (χ2n) is 6.70. The Morgan fingerprint density at radius 3 is 2.89 bits per heavy atom. The maximum atomic E-state index is 12.2. The fourth-order valence-corrected chi connectivity index (χ4v) is 3.19. The number of carbonyl (C=O) groups is 3. The number of amides is 3. The third-order valence-electron chi connectivity index (χ3n) is 4.49. The molecule has 28 heavy (non-hydrogen) atoms. The Kier molecular flexibility index (Phi) is 5.87. The molecule has 0 bridgehead atoms. The summed E-state index contributed by atoms with van der Waals surface area (Å²) in [5, 5.41) is 2.53. The molecule has 2 aliphatic heterocycles. The number of esters is 1. The van der Waals surface area contributed by atoms with Crippen molar-refractivity contribution < 1.29 is 28.6 Å². The molecule has 2 aliphatic rings. The monoisotopic (exact) mass is 388 g/mol. The van der Waals surface area contributed by atoms with Crippen molar-refractivity contribution in [2.75, 3.05) is 19.7 Å². The number of nitrogens with one attached hydrogen (secondary N) is 1. The standard InChI is InChI=1S/C20H24N2O6/c1-4-26-16-11-15-9-12(2)27-17(15)10-14(16)5-6-18(23)28-13(3)19(24)22-8-7-21-20(22)25/h5-6,10-13H,4,7-9H2,1-3H3,(H,21,25)/b6-5+/t12-,13-/m0/s1. The Morgan fingerprint density at radius 1 is 1.43 bits per heavy atom. The predicted molar refractivity (Wildman–Crippen MR) is 101 cm³/mol. The van der Waals surface area contributed by atoms with Crippen molar-refractivity contribution in [3.63, 3.8) is 0 Å². The van der Waals surface area contributed by atoms with E-state index in [0.717, 1.165) is 22.6 Å². The van der Waals surface area contributed by atoms with E-state index in [1.807, 2.05) is 26.0 Å². The highest BCUT2D eigenvalue weighted by molar-refractivity contribution is 5.99. The summed E-state index contributed by atoms with van der Waals surface area (Å²) in [6.07, 6.45) is 2.65. The van der Waals surface area contributed by atoms with E-state index >= 15 is 0 Å². The number of hydrogen-bond acceptors (Lipinski definition) is 6. The first-order valence-corrected chi connectivity index (χ1v) is 9.33. The van der Waals surface area contributed by atoms with Crippen LogP contribution < -0.4 is 14.8 Å². The summed E-state index contributed by atoms with van der Waals surface area (Å²) in [4.78, 5) is 36.9. The van der Waals surface area contributed by atoms with Crippen LogP contribution in [0.15, 0.2) is 18.2 Å². The molecule has 0 spiro atoms. The second-order valence-corrected chi connectivity index (χ2v) is 6.70. The van der Waals surface area contributed by atoms with Gasteiger partial charge in [-0.1, -0.05) is 0 Å². The number of carbonyl (C=O) groups excluding carboxylic acids is 3. The smallest absolute Gasteiger partial charge is 0.331 e. The third kappa shape index (κ3) is 4.27. The minimum absolute atomic E-state index is 0.100. The summed E-state index contributed by atoms with van der Waals surface area (Å²) in [5.74, 6) is 0.192. The van der Waals surface area contributed by atoms with Crippen LogP contribution in [-0.4, -0.2) is 54.7 Å². The molecule has 8 nitrogen and oxygen atoms in total. The highest BCUT2D eigenvalue weighted by atomic mass is 16.5. The van der Waals surface area contributed by atoms with Crippen LogP contribution in [0.4, 0.5) is 4.79 Å². The molecule has 3 rings (SSSR count). The summed E-state index contributed by atoms with van der Waals surface area (Å²) in [5.41, 5.74) is 1.75. The second kappa shape index (κ2) is 8.33. The molecule has 0 saturated carbocycles. The highest BCUT2D eigenvalue weighted by Gasteiger charge is 2.31. The molecular weight excluding hydrogens is 364 g/mol. The van der Waals surface area contributed by atoms with Gasteiger partial charge in [-0.25, -0.2) is 9.59 Å². The summed E-state index contributed by atoms with van der Waals surface area (Å²) in [7, 11) is 0. The molecule has 0 aliphatic carbocycles. The average molecular weight is 388 g/mol. The predicted octanol–water partition coefficient (Wildman–Crippen LogP) is 1.91. The topological polar surface area (TPSA) is 94.2 Å². The van der Waals surface area contributed by atoms with Crippen LogP contribution in [0.2, 0.25) is 0 Å². The first-order valence-electron chi connectivity index (χ1n) is 9.33. The van der Waals surface area contributed by atoms with Gasteiger partial charge in [0.05, 0.1) is 6.61 Å². The quantitative estimate of drug-likeness (QED) is 0.591. The highest BCUT2D eigenvalue weighted by Crippen LogP contribution is 2.35. The van der Waals surface area contributed by atoms with Crippen molar-refractivity contribution in [1.29, 1.82) is 0 Å². The summed E-state index contributed by atoms with van der Waals surface area (Å²) in [6, 6.07) is 3.28. The first-order chi connectivity index (χ1) is 13.4. The van der Waals surface area contributed by atoms with E-state index in [1.54, 1.807) is 6.08 Å². The average Bonchev–Trinajstić information content (AvgIpc) is 3.23. The largest absolute Gasteiger partial charge is 0.493 e. The number of benzene rings is 1. The van der Waals surface area contributed by atoms with E-state index in [0.29, 0.717) is 24.5 Å². The van der Waals surface area contributed by atoms with E-state index in [9.17, 15) is 14.4 Å². The zero-order valence-corrected chi connectivity index (χ0v) is 16.2. The van der Waals surface area contributed by atoms with Gasteiger partial charge in [-0.3, -0.25) is 9.69 Å². The van der Waals surface area contributed by atoms with Crippen LogP contribution in [0, 0.1) is 0 Å². The van der Waals surface area contributed by atoms with Crippen LogP contribution in [0.5, 0.6) is 11.5 Å². The molecule has 2 heterocycles. The van der Waals surface area contributed by atoms with Crippen molar-refractivity contribution in [1.82, 2.24) is 10.2 Å². The Labute approximate surface area is 163 Å². The molecule has 3 amide bonds. The number of urea groups is 1. The van der Waals surface area contributed by atoms with Crippen LogP contribution >= 0.6 is 0 Å². The number of rotatable bonds is 6. The molecular formula is C20H24N2O6. The fourth-order valence-electron chi connectivity index (χ4n) is 3.19.